The van der Waals surface area contributed by atoms with E-state index in [-0.39, 0.29) is 22.9 Å². The molecular weight excluding hydrogens is 343 g/mol. The standard InChI is InChI=1S/C14H7IO3/c15-11-5-9-10(6-12(11)16)14(18)8-4-2-1-3-7(8)13(9)17/h1-6,16H. The summed E-state index contributed by atoms with van der Waals surface area (Å²) in [7, 11) is 0. The molecule has 3 nitrogen and oxygen atoms in total. The Balaban J connectivity index is 2.34. The molecule has 0 saturated carbocycles. The van der Waals surface area contributed by atoms with Gasteiger partial charge in [-0.05, 0) is 34.7 Å². The average Bonchev–Trinajstić information content (AvgIpc) is 2.38. The van der Waals surface area contributed by atoms with Gasteiger partial charge in [-0.2, -0.15) is 0 Å². The van der Waals surface area contributed by atoms with Crippen molar-refractivity contribution in [3.8, 4) is 5.75 Å². The molecule has 0 unspecified atom stereocenters. The zero-order valence-corrected chi connectivity index (χ0v) is 11.3. The number of rotatable bonds is 0. The minimum absolute atomic E-state index is 0.0230. The summed E-state index contributed by atoms with van der Waals surface area (Å²) in [5.41, 5.74) is 1.46. The third kappa shape index (κ3) is 1.49. The van der Waals surface area contributed by atoms with Crippen LogP contribution in [0.25, 0.3) is 0 Å². The van der Waals surface area contributed by atoms with Gasteiger partial charge in [0.15, 0.2) is 11.6 Å². The lowest BCUT2D eigenvalue weighted by Gasteiger charge is -2.17. The largest absolute Gasteiger partial charge is 0.507 e. The molecule has 0 heterocycles. The second kappa shape index (κ2) is 3.91. The predicted molar refractivity (Wildman–Crippen MR) is 74.1 cm³/mol. The van der Waals surface area contributed by atoms with E-state index < -0.39 is 0 Å². The maximum Gasteiger partial charge on any atom is 0.194 e. The third-order valence-corrected chi connectivity index (χ3v) is 3.86. The highest BCUT2D eigenvalue weighted by Gasteiger charge is 2.30. The van der Waals surface area contributed by atoms with Gasteiger partial charge in [-0.25, -0.2) is 0 Å². The molecule has 88 valence electrons. The molecule has 3 rings (SSSR count). The van der Waals surface area contributed by atoms with Crippen molar-refractivity contribution < 1.29 is 14.7 Å². The van der Waals surface area contributed by atoms with Gasteiger partial charge in [0.05, 0.1) is 3.57 Å². The number of benzene rings is 2. The van der Waals surface area contributed by atoms with E-state index in [4.69, 9.17) is 0 Å². The molecule has 4 heteroatoms. The summed E-state index contributed by atoms with van der Waals surface area (Å²) < 4.78 is 0.562. The van der Waals surface area contributed by atoms with Crippen molar-refractivity contribution in [3.05, 3.63) is 62.2 Å². The van der Waals surface area contributed by atoms with Crippen LogP contribution in [0.3, 0.4) is 0 Å². The van der Waals surface area contributed by atoms with Gasteiger partial charge in [0.2, 0.25) is 0 Å². The number of aromatic hydroxyl groups is 1. The second-order valence-corrected chi connectivity index (χ2v) is 5.22. The van der Waals surface area contributed by atoms with E-state index in [1.54, 1.807) is 30.3 Å². The first kappa shape index (κ1) is 11.4. The van der Waals surface area contributed by atoms with Gasteiger partial charge >= 0.3 is 0 Å². The number of hydrogen-bond acceptors (Lipinski definition) is 3. The van der Waals surface area contributed by atoms with Crippen LogP contribution in [0.5, 0.6) is 5.75 Å². The van der Waals surface area contributed by atoms with Crippen LogP contribution in [0.1, 0.15) is 31.8 Å². The van der Waals surface area contributed by atoms with Gasteiger partial charge in [-0.1, -0.05) is 24.3 Å². The minimum Gasteiger partial charge on any atom is -0.507 e. The van der Waals surface area contributed by atoms with Crippen LogP contribution < -0.4 is 0 Å². The minimum atomic E-state index is -0.216. The maximum atomic E-state index is 12.3. The second-order valence-electron chi connectivity index (χ2n) is 4.05. The van der Waals surface area contributed by atoms with Crippen LogP contribution in [-0.4, -0.2) is 16.7 Å². The van der Waals surface area contributed by atoms with Crippen molar-refractivity contribution in [2.45, 2.75) is 0 Å². The molecular formula is C14H7IO3. The first-order valence-electron chi connectivity index (χ1n) is 5.30. The predicted octanol–water partition coefficient (Wildman–Crippen LogP) is 2.77. The SMILES string of the molecule is O=C1c2ccccc2C(=O)c2cc(I)c(O)cc21. The summed E-state index contributed by atoms with van der Waals surface area (Å²) in [6.45, 7) is 0. The normalized spacial score (nSPS) is 13.2. The number of halogens is 1. The van der Waals surface area contributed by atoms with Crippen molar-refractivity contribution in [1.29, 1.82) is 0 Å². The maximum absolute atomic E-state index is 12.3. The van der Waals surface area contributed by atoms with E-state index >= 15 is 0 Å². The fourth-order valence-corrected chi connectivity index (χ4v) is 2.57. The number of carbonyl (C=O) groups is 2. The zero-order chi connectivity index (χ0) is 12.9. The van der Waals surface area contributed by atoms with E-state index in [0.717, 1.165) is 0 Å². The molecule has 0 aliphatic heterocycles. The monoisotopic (exact) mass is 350 g/mol. The smallest absolute Gasteiger partial charge is 0.194 e. The first-order valence-corrected chi connectivity index (χ1v) is 6.38. The molecule has 0 bridgehead atoms. The molecule has 18 heavy (non-hydrogen) atoms. The summed E-state index contributed by atoms with van der Waals surface area (Å²) in [6.07, 6.45) is 0. The lowest BCUT2D eigenvalue weighted by molar-refractivity contribution is 0.0979. The highest BCUT2D eigenvalue weighted by Crippen LogP contribution is 2.32. The van der Waals surface area contributed by atoms with Gasteiger partial charge in [0.1, 0.15) is 5.75 Å². The summed E-state index contributed by atoms with van der Waals surface area (Å²) in [4.78, 5) is 24.5. The molecule has 0 saturated heterocycles. The van der Waals surface area contributed by atoms with Crippen LogP contribution >= 0.6 is 22.6 Å². The lowest BCUT2D eigenvalue weighted by Crippen LogP contribution is -2.20. The van der Waals surface area contributed by atoms with E-state index in [1.165, 1.54) is 6.07 Å². The van der Waals surface area contributed by atoms with E-state index in [0.29, 0.717) is 20.3 Å². The summed E-state index contributed by atoms with van der Waals surface area (Å²) in [5.74, 6) is -0.361. The quantitative estimate of drug-likeness (QED) is 0.635. The molecule has 1 aliphatic rings. The van der Waals surface area contributed by atoms with Crippen LogP contribution in [0.2, 0.25) is 0 Å². The number of fused-ring (bicyclic) bond motifs is 2. The molecule has 0 spiro atoms. The number of ketones is 2. The highest BCUT2D eigenvalue weighted by molar-refractivity contribution is 14.1. The molecule has 1 aliphatic carbocycles. The van der Waals surface area contributed by atoms with Gasteiger partial charge < -0.3 is 5.11 Å². The molecule has 0 amide bonds. The fraction of sp³-hybridized carbons (Fsp3) is 0. The van der Waals surface area contributed by atoms with Crippen LogP contribution in [0, 0.1) is 3.57 Å². The third-order valence-electron chi connectivity index (χ3n) is 2.99. The summed E-state index contributed by atoms with van der Waals surface area (Å²) in [5, 5.41) is 9.66. The van der Waals surface area contributed by atoms with Crippen LogP contribution in [0.4, 0.5) is 0 Å². The van der Waals surface area contributed by atoms with Crippen molar-refractivity contribution in [2.75, 3.05) is 0 Å². The molecule has 0 radical (unpaired) electrons. The van der Waals surface area contributed by atoms with E-state index in [1.807, 2.05) is 22.6 Å². The average molecular weight is 350 g/mol. The molecule has 0 aromatic heterocycles. The van der Waals surface area contributed by atoms with Crippen molar-refractivity contribution in [1.82, 2.24) is 0 Å². The van der Waals surface area contributed by atoms with Gasteiger partial charge in [-0.3, -0.25) is 9.59 Å². The first-order chi connectivity index (χ1) is 8.59. The van der Waals surface area contributed by atoms with Gasteiger partial charge in [-0.15, -0.1) is 0 Å². The van der Waals surface area contributed by atoms with Gasteiger partial charge in [0.25, 0.3) is 0 Å². The highest BCUT2D eigenvalue weighted by atomic mass is 127. The number of phenolic OH excluding ortho intramolecular Hbond substituents is 1. The summed E-state index contributed by atoms with van der Waals surface area (Å²) in [6, 6.07) is 9.67. The fourth-order valence-electron chi connectivity index (χ4n) is 2.11. The Morgan fingerprint density at radius 1 is 0.833 bits per heavy atom. The topological polar surface area (TPSA) is 54.4 Å². The summed E-state index contributed by atoms with van der Waals surface area (Å²) >= 11 is 1.93. The van der Waals surface area contributed by atoms with Crippen LogP contribution in [-0.2, 0) is 0 Å². The Labute approximate surface area is 117 Å². The van der Waals surface area contributed by atoms with Crippen LogP contribution in [0.15, 0.2) is 36.4 Å². The number of phenols is 1. The Kier molecular flexibility index (Phi) is 2.48. The van der Waals surface area contributed by atoms with E-state index in [2.05, 4.69) is 0 Å². The Morgan fingerprint density at radius 2 is 1.33 bits per heavy atom. The number of hydrogen-bond donors (Lipinski definition) is 1. The molecule has 2 aromatic rings. The Hall–Kier alpha value is -1.69. The molecule has 0 atom stereocenters. The molecule has 1 N–H and O–H groups in total. The molecule has 2 aromatic carbocycles. The zero-order valence-electron chi connectivity index (χ0n) is 9.11. The Morgan fingerprint density at radius 3 is 1.89 bits per heavy atom. The van der Waals surface area contributed by atoms with Crippen molar-refractivity contribution in [3.63, 3.8) is 0 Å². The lowest BCUT2D eigenvalue weighted by atomic mass is 9.84. The van der Waals surface area contributed by atoms with E-state index in [9.17, 15) is 14.7 Å². The molecule has 0 fully saturated rings. The van der Waals surface area contributed by atoms with Crippen molar-refractivity contribution in [2.24, 2.45) is 0 Å². The Bertz CT molecular complexity index is 644. The van der Waals surface area contributed by atoms with Gasteiger partial charge in [0, 0.05) is 22.3 Å². The van der Waals surface area contributed by atoms with Crippen molar-refractivity contribution >= 4 is 34.2 Å². The number of carbonyl (C=O) groups excluding carboxylic acids is 2.